The van der Waals surface area contributed by atoms with Gasteiger partial charge in [0.05, 0.1) is 6.61 Å². The summed E-state index contributed by atoms with van der Waals surface area (Å²) in [4.78, 5) is 0. The van der Waals surface area contributed by atoms with Crippen LogP contribution in [-0.2, 0) is 11.3 Å². The minimum atomic E-state index is 0.0124. The van der Waals surface area contributed by atoms with Gasteiger partial charge < -0.3 is 14.8 Å². The fourth-order valence-electron chi connectivity index (χ4n) is 1.70. The van der Waals surface area contributed by atoms with Crippen LogP contribution in [-0.4, -0.2) is 26.4 Å². The van der Waals surface area contributed by atoms with Crippen molar-refractivity contribution in [1.29, 1.82) is 0 Å². The van der Waals surface area contributed by atoms with E-state index in [2.05, 4.69) is 12.2 Å². The number of nitrogens with one attached hydrogen (secondary N) is 1. The Bertz CT molecular complexity index is 358. The number of ether oxygens (including phenoxy) is 2. The van der Waals surface area contributed by atoms with Crippen molar-refractivity contribution in [2.75, 3.05) is 20.3 Å². The predicted molar refractivity (Wildman–Crippen MR) is 75.4 cm³/mol. The number of hydrogen-bond acceptors (Lipinski definition) is 3. The molecule has 0 aliphatic heterocycles. The van der Waals surface area contributed by atoms with Crippen LogP contribution in [0, 0.1) is 0 Å². The van der Waals surface area contributed by atoms with Crippen LogP contribution in [0.2, 0.25) is 5.02 Å². The fraction of sp³-hybridized carbons (Fsp3) is 0.571. The van der Waals surface area contributed by atoms with Crippen molar-refractivity contribution in [2.24, 2.45) is 0 Å². The Hall–Kier alpha value is -0.770. The fourth-order valence-corrected chi connectivity index (χ4v) is 1.93. The van der Waals surface area contributed by atoms with E-state index >= 15 is 0 Å². The minimum Gasteiger partial charge on any atom is -0.488 e. The maximum Gasteiger partial charge on any atom is 0.125 e. The van der Waals surface area contributed by atoms with E-state index in [1.54, 1.807) is 7.11 Å². The summed E-state index contributed by atoms with van der Waals surface area (Å²) in [5.41, 5.74) is 1.01. The third kappa shape index (κ3) is 4.84. The van der Waals surface area contributed by atoms with Gasteiger partial charge in [-0.1, -0.05) is 24.6 Å². The molecule has 0 saturated heterocycles. The summed E-state index contributed by atoms with van der Waals surface area (Å²) in [7, 11) is 1.67. The first-order valence-electron chi connectivity index (χ1n) is 6.32. The topological polar surface area (TPSA) is 30.5 Å². The molecule has 1 aromatic rings. The van der Waals surface area contributed by atoms with Crippen LogP contribution < -0.4 is 10.1 Å². The van der Waals surface area contributed by atoms with Crippen molar-refractivity contribution in [3.8, 4) is 5.75 Å². The summed E-state index contributed by atoms with van der Waals surface area (Å²) in [6.45, 7) is 6.38. The lowest BCUT2D eigenvalue weighted by Crippen LogP contribution is -2.20. The van der Waals surface area contributed by atoms with Crippen molar-refractivity contribution in [3.63, 3.8) is 0 Å². The predicted octanol–water partition coefficient (Wildman–Crippen LogP) is 3.25. The quantitative estimate of drug-likeness (QED) is 0.736. The Balaban J connectivity index is 2.73. The SMILES string of the molecule is CCCNCc1c(Cl)cccc1OC(C)COC. The van der Waals surface area contributed by atoms with Gasteiger partial charge in [-0.25, -0.2) is 0 Å². The minimum absolute atomic E-state index is 0.0124. The molecule has 18 heavy (non-hydrogen) atoms. The van der Waals surface area contributed by atoms with E-state index in [0.717, 1.165) is 35.8 Å². The number of benzene rings is 1. The smallest absolute Gasteiger partial charge is 0.125 e. The highest BCUT2D eigenvalue weighted by Gasteiger charge is 2.11. The first kappa shape index (κ1) is 15.3. The molecule has 4 heteroatoms. The van der Waals surface area contributed by atoms with Crippen molar-refractivity contribution in [2.45, 2.75) is 32.9 Å². The zero-order chi connectivity index (χ0) is 13.4. The number of rotatable bonds is 8. The molecule has 1 atom stereocenters. The Morgan fingerprint density at radius 1 is 1.39 bits per heavy atom. The molecule has 0 aliphatic rings. The Labute approximate surface area is 114 Å². The lowest BCUT2D eigenvalue weighted by Gasteiger charge is -2.18. The second kappa shape index (κ2) is 8.35. The summed E-state index contributed by atoms with van der Waals surface area (Å²) >= 11 is 6.22. The molecule has 0 aliphatic carbocycles. The van der Waals surface area contributed by atoms with E-state index in [9.17, 15) is 0 Å². The van der Waals surface area contributed by atoms with Gasteiger partial charge in [0.2, 0.25) is 0 Å². The first-order valence-corrected chi connectivity index (χ1v) is 6.70. The average molecular weight is 272 g/mol. The van der Waals surface area contributed by atoms with E-state index in [1.807, 2.05) is 25.1 Å². The highest BCUT2D eigenvalue weighted by Crippen LogP contribution is 2.27. The maximum atomic E-state index is 6.22. The molecule has 0 bridgehead atoms. The monoisotopic (exact) mass is 271 g/mol. The lowest BCUT2D eigenvalue weighted by atomic mass is 10.2. The van der Waals surface area contributed by atoms with Gasteiger partial charge in [-0.15, -0.1) is 0 Å². The molecular weight excluding hydrogens is 250 g/mol. The first-order chi connectivity index (χ1) is 8.69. The van der Waals surface area contributed by atoms with E-state index in [4.69, 9.17) is 21.1 Å². The second-order valence-corrected chi connectivity index (χ2v) is 4.68. The summed E-state index contributed by atoms with van der Waals surface area (Å²) in [5.74, 6) is 0.829. The molecule has 0 fully saturated rings. The van der Waals surface area contributed by atoms with Crippen molar-refractivity contribution < 1.29 is 9.47 Å². The van der Waals surface area contributed by atoms with Crippen LogP contribution in [0.25, 0.3) is 0 Å². The van der Waals surface area contributed by atoms with E-state index < -0.39 is 0 Å². The molecule has 1 unspecified atom stereocenters. The molecule has 0 aromatic heterocycles. The van der Waals surface area contributed by atoms with Crippen LogP contribution in [0.1, 0.15) is 25.8 Å². The maximum absolute atomic E-state index is 6.22. The summed E-state index contributed by atoms with van der Waals surface area (Å²) in [6.07, 6.45) is 1.11. The molecule has 0 amide bonds. The van der Waals surface area contributed by atoms with Crippen LogP contribution in [0.3, 0.4) is 0 Å². The lowest BCUT2D eigenvalue weighted by molar-refractivity contribution is 0.0913. The van der Waals surface area contributed by atoms with Gasteiger partial charge in [0.25, 0.3) is 0 Å². The number of methoxy groups -OCH3 is 1. The molecule has 1 aromatic carbocycles. The van der Waals surface area contributed by atoms with Crippen LogP contribution >= 0.6 is 11.6 Å². The van der Waals surface area contributed by atoms with Gasteiger partial charge >= 0.3 is 0 Å². The third-order valence-corrected chi connectivity index (χ3v) is 2.89. The van der Waals surface area contributed by atoms with Crippen molar-refractivity contribution in [3.05, 3.63) is 28.8 Å². The Morgan fingerprint density at radius 3 is 2.83 bits per heavy atom. The van der Waals surface area contributed by atoms with Gasteiger partial charge in [-0.3, -0.25) is 0 Å². The summed E-state index contributed by atoms with van der Waals surface area (Å²) < 4.78 is 10.9. The molecule has 1 rings (SSSR count). The van der Waals surface area contributed by atoms with Gasteiger partial charge in [-0.2, -0.15) is 0 Å². The zero-order valence-corrected chi connectivity index (χ0v) is 12.1. The Morgan fingerprint density at radius 2 is 2.17 bits per heavy atom. The third-order valence-electron chi connectivity index (χ3n) is 2.53. The van der Waals surface area contributed by atoms with Gasteiger partial charge in [0.15, 0.2) is 0 Å². The van der Waals surface area contributed by atoms with Crippen LogP contribution in [0.15, 0.2) is 18.2 Å². The molecule has 0 spiro atoms. The van der Waals surface area contributed by atoms with E-state index in [0.29, 0.717) is 6.61 Å². The second-order valence-electron chi connectivity index (χ2n) is 4.28. The summed E-state index contributed by atoms with van der Waals surface area (Å²) in [6, 6.07) is 5.74. The Kier molecular flexibility index (Phi) is 7.09. The zero-order valence-electron chi connectivity index (χ0n) is 11.3. The van der Waals surface area contributed by atoms with E-state index in [1.165, 1.54) is 0 Å². The van der Waals surface area contributed by atoms with Gasteiger partial charge in [-0.05, 0) is 32.0 Å². The molecule has 0 radical (unpaired) electrons. The van der Waals surface area contributed by atoms with Crippen molar-refractivity contribution >= 4 is 11.6 Å². The highest BCUT2D eigenvalue weighted by atomic mass is 35.5. The average Bonchev–Trinajstić information content (AvgIpc) is 2.33. The van der Waals surface area contributed by atoms with Gasteiger partial charge in [0, 0.05) is 24.2 Å². The summed E-state index contributed by atoms with van der Waals surface area (Å²) in [5, 5.41) is 4.08. The number of hydrogen-bond donors (Lipinski definition) is 1. The van der Waals surface area contributed by atoms with Crippen LogP contribution in [0.5, 0.6) is 5.75 Å². The largest absolute Gasteiger partial charge is 0.488 e. The van der Waals surface area contributed by atoms with Crippen molar-refractivity contribution in [1.82, 2.24) is 5.32 Å². The normalized spacial score (nSPS) is 12.4. The molecule has 1 N–H and O–H groups in total. The van der Waals surface area contributed by atoms with E-state index in [-0.39, 0.29) is 6.10 Å². The molecule has 0 heterocycles. The molecule has 0 saturated carbocycles. The molecule has 102 valence electrons. The standard InChI is InChI=1S/C14H22ClNO2/c1-4-8-16-9-12-13(15)6-5-7-14(12)18-11(2)10-17-3/h5-7,11,16H,4,8-10H2,1-3H3. The number of halogens is 1. The molecular formula is C14H22ClNO2. The van der Waals surface area contributed by atoms with Crippen LogP contribution in [0.4, 0.5) is 0 Å². The highest BCUT2D eigenvalue weighted by molar-refractivity contribution is 6.31. The molecule has 3 nitrogen and oxygen atoms in total. The van der Waals surface area contributed by atoms with Gasteiger partial charge in [0.1, 0.15) is 11.9 Å².